The normalized spacial score (nSPS) is 10.6. The summed E-state index contributed by atoms with van der Waals surface area (Å²) in [6.07, 6.45) is 0. The Balaban J connectivity index is 2.07. The fourth-order valence-corrected chi connectivity index (χ4v) is 1.37. The SMILES string of the molecule is NC(=O)CNCc1nc(-c2ccc(F)c(F)c2)no1. The van der Waals surface area contributed by atoms with Gasteiger partial charge in [-0.25, -0.2) is 8.78 Å². The molecule has 100 valence electrons. The molecule has 2 aromatic rings. The number of primary amides is 1. The molecule has 0 spiro atoms. The van der Waals surface area contributed by atoms with Crippen molar-refractivity contribution in [2.45, 2.75) is 6.54 Å². The van der Waals surface area contributed by atoms with Crippen molar-refractivity contribution in [3.8, 4) is 11.4 Å². The average molecular weight is 268 g/mol. The van der Waals surface area contributed by atoms with Crippen LogP contribution in [0.1, 0.15) is 5.89 Å². The molecule has 0 aliphatic rings. The summed E-state index contributed by atoms with van der Waals surface area (Å²) in [4.78, 5) is 14.5. The maximum atomic E-state index is 13.0. The van der Waals surface area contributed by atoms with Crippen LogP contribution in [0.15, 0.2) is 22.7 Å². The van der Waals surface area contributed by atoms with E-state index in [9.17, 15) is 13.6 Å². The van der Waals surface area contributed by atoms with Crippen molar-refractivity contribution in [1.29, 1.82) is 0 Å². The highest BCUT2D eigenvalue weighted by Crippen LogP contribution is 2.18. The quantitative estimate of drug-likeness (QED) is 0.827. The van der Waals surface area contributed by atoms with Gasteiger partial charge in [0.15, 0.2) is 11.6 Å². The van der Waals surface area contributed by atoms with Crippen molar-refractivity contribution in [3.63, 3.8) is 0 Å². The van der Waals surface area contributed by atoms with E-state index in [0.717, 1.165) is 12.1 Å². The van der Waals surface area contributed by atoms with Crippen LogP contribution in [0.4, 0.5) is 8.78 Å². The van der Waals surface area contributed by atoms with Crippen LogP contribution in [-0.4, -0.2) is 22.6 Å². The number of hydrogen-bond donors (Lipinski definition) is 2. The zero-order chi connectivity index (χ0) is 13.8. The van der Waals surface area contributed by atoms with Gasteiger partial charge in [-0.15, -0.1) is 0 Å². The molecule has 19 heavy (non-hydrogen) atoms. The summed E-state index contributed by atoms with van der Waals surface area (Å²) in [5.74, 6) is -2.11. The number of carbonyl (C=O) groups is 1. The standard InChI is InChI=1S/C11H10F2N4O2/c12-7-2-1-6(3-8(7)13)11-16-10(19-17-11)5-15-4-9(14)18/h1-3,15H,4-5H2,(H2,14,18). The third kappa shape index (κ3) is 3.32. The molecule has 0 radical (unpaired) electrons. The lowest BCUT2D eigenvalue weighted by Gasteiger charge is -1.96. The zero-order valence-electron chi connectivity index (χ0n) is 9.69. The van der Waals surface area contributed by atoms with Gasteiger partial charge in [-0.05, 0) is 18.2 Å². The molecule has 0 atom stereocenters. The smallest absolute Gasteiger partial charge is 0.240 e. The molecule has 0 bridgehead atoms. The predicted octanol–water partition coefficient (Wildman–Crippen LogP) is 0.590. The number of carbonyl (C=O) groups excluding carboxylic acids is 1. The number of nitrogens with one attached hydrogen (secondary N) is 1. The summed E-state index contributed by atoms with van der Waals surface area (Å²) in [7, 11) is 0. The van der Waals surface area contributed by atoms with E-state index in [4.69, 9.17) is 10.3 Å². The van der Waals surface area contributed by atoms with E-state index in [2.05, 4.69) is 15.5 Å². The zero-order valence-corrected chi connectivity index (χ0v) is 9.69. The molecule has 0 saturated heterocycles. The maximum Gasteiger partial charge on any atom is 0.240 e. The van der Waals surface area contributed by atoms with Crippen molar-refractivity contribution in [3.05, 3.63) is 35.7 Å². The molecule has 0 aliphatic carbocycles. The third-order valence-corrected chi connectivity index (χ3v) is 2.22. The topological polar surface area (TPSA) is 94.0 Å². The van der Waals surface area contributed by atoms with Gasteiger partial charge in [0.1, 0.15) is 0 Å². The molecule has 1 amide bonds. The van der Waals surface area contributed by atoms with Gasteiger partial charge in [-0.2, -0.15) is 4.98 Å². The van der Waals surface area contributed by atoms with E-state index in [1.807, 2.05) is 0 Å². The Kier molecular flexibility index (Phi) is 3.81. The van der Waals surface area contributed by atoms with Gasteiger partial charge in [-0.3, -0.25) is 10.1 Å². The van der Waals surface area contributed by atoms with Crippen molar-refractivity contribution in [2.75, 3.05) is 6.54 Å². The number of aromatic nitrogens is 2. The van der Waals surface area contributed by atoms with Crippen LogP contribution in [-0.2, 0) is 11.3 Å². The van der Waals surface area contributed by atoms with Crippen LogP contribution < -0.4 is 11.1 Å². The van der Waals surface area contributed by atoms with E-state index >= 15 is 0 Å². The van der Waals surface area contributed by atoms with Crippen LogP contribution in [0, 0.1) is 11.6 Å². The highest BCUT2D eigenvalue weighted by molar-refractivity contribution is 5.75. The van der Waals surface area contributed by atoms with Crippen LogP contribution in [0.25, 0.3) is 11.4 Å². The van der Waals surface area contributed by atoms with Crippen LogP contribution in [0.2, 0.25) is 0 Å². The molecule has 6 nitrogen and oxygen atoms in total. The van der Waals surface area contributed by atoms with Crippen molar-refractivity contribution >= 4 is 5.91 Å². The second-order valence-electron chi connectivity index (χ2n) is 3.71. The molecule has 1 heterocycles. The van der Waals surface area contributed by atoms with E-state index in [-0.39, 0.29) is 24.8 Å². The molecule has 3 N–H and O–H groups in total. The number of nitrogens with two attached hydrogens (primary N) is 1. The molecular weight excluding hydrogens is 258 g/mol. The highest BCUT2D eigenvalue weighted by Gasteiger charge is 2.11. The van der Waals surface area contributed by atoms with E-state index in [0.29, 0.717) is 5.56 Å². The Bertz CT molecular complexity index is 600. The number of hydrogen-bond acceptors (Lipinski definition) is 5. The van der Waals surface area contributed by atoms with Gasteiger partial charge in [-0.1, -0.05) is 5.16 Å². The first-order valence-electron chi connectivity index (χ1n) is 5.33. The minimum absolute atomic E-state index is 0.0249. The summed E-state index contributed by atoms with van der Waals surface area (Å²) in [6, 6.07) is 3.29. The number of amides is 1. The predicted molar refractivity (Wildman–Crippen MR) is 60.6 cm³/mol. The third-order valence-electron chi connectivity index (χ3n) is 2.22. The van der Waals surface area contributed by atoms with Gasteiger partial charge in [0.25, 0.3) is 0 Å². The molecule has 0 fully saturated rings. The first-order chi connectivity index (χ1) is 9.06. The lowest BCUT2D eigenvalue weighted by molar-refractivity contribution is -0.117. The number of rotatable bonds is 5. The Labute approximate surface area is 106 Å². The minimum atomic E-state index is -0.990. The number of benzene rings is 1. The van der Waals surface area contributed by atoms with Crippen LogP contribution >= 0.6 is 0 Å². The van der Waals surface area contributed by atoms with Crippen molar-refractivity contribution in [1.82, 2.24) is 15.5 Å². The highest BCUT2D eigenvalue weighted by atomic mass is 19.2. The minimum Gasteiger partial charge on any atom is -0.369 e. The summed E-state index contributed by atoms with van der Waals surface area (Å²) in [5, 5.41) is 6.31. The average Bonchev–Trinajstić information content (AvgIpc) is 2.81. The summed E-state index contributed by atoms with van der Waals surface area (Å²) >= 11 is 0. The monoisotopic (exact) mass is 268 g/mol. The summed E-state index contributed by atoms with van der Waals surface area (Å²) in [6.45, 7) is 0.127. The van der Waals surface area contributed by atoms with E-state index in [1.54, 1.807) is 0 Å². The van der Waals surface area contributed by atoms with E-state index in [1.165, 1.54) is 6.07 Å². The van der Waals surface area contributed by atoms with Crippen LogP contribution in [0.3, 0.4) is 0 Å². The molecule has 8 heteroatoms. The molecule has 0 saturated carbocycles. The summed E-state index contributed by atoms with van der Waals surface area (Å²) < 4.78 is 30.7. The van der Waals surface area contributed by atoms with Crippen molar-refractivity contribution < 1.29 is 18.1 Å². The Hall–Kier alpha value is -2.35. The molecule has 2 rings (SSSR count). The van der Waals surface area contributed by atoms with Gasteiger partial charge in [0, 0.05) is 5.56 Å². The van der Waals surface area contributed by atoms with Gasteiger partial charge >= 0.3 is 0 Å². The van der Waals surface area contributed by atoms with Gasteiger partial charge < -0.3 is 10.3 Å². The van der Waals surface area contributed by atoms with E-state index < -0.39 is 17.5 Å². The first kappa shape index (κ1) is 13.1. The lowest BCUT2D eigenvalue weighted by atomic mass is 10.2. The Morgan fingerprint density at radius 3 is 2.84 bits per heavy atom. The number of nitrogens with zero attached hydrogens (tertiary/aromatic N) is 2. The summed E-state index contributed by atoms with van der Waals surface area (Å²) in [5.41, 5.74) is 5.23. The first-order valence-corrected chi connectivity index (χ1v) is 5.33. The number of halogens is 2. The second kappa shape index (κ2) is 5.53. The molecular formula is C11H10F2N4O2. The second-order valence-corrected chi connectivity index (χ2v) is 3.71. The van der Waals surface area contributed by atoms with Crippen LogP contribution in [0.5, 0.6) is 0 Å². The molecule has 1 aromatic carbocycles. The molecule has 0 aliphatic heterocycles. The fourth-order valence-electron chi connectivity index (χ4n) is 1.37. The Morgan fingerprint density at radius 1 is 1.37 bits per heavy atom. The lowest BCUT2D eigenvalue weighted by Crippen LogP contribution is -2.28. The Morgan fingerprint density at radius 2 is 2.16 bits per heavy atom. The fraction of sp³-hybridized carbons (Fsp3) is 0.182. The molecule has 0 unspecified atom stereocenters. The van der Waals surface area contributed by atoms with Gasteiger partial charge in [0.2, 0.25) is 17.6 Å². The van der Waals surface area contributed by atoms with Gasteiger partial charge in [0.05, 0.1) is 13.1 Å². The largest absolute Gasteiger partial charge is 0.369 e. The molecule has 1 aromatic heterocycles. The maximum absolute atomic E-state index is 13.0. The van der Waals surface area contributed by atoms with Crippen molar-refractivity contribution in [2.24, 2.45) is 5.73 Å².